The lowest BCUT2D eigenvalue weighted by atomic mass is 9.92. The summed E-state index contributed by atoms with van der Waals surface area (Å²) in [6.07, 6.45) is 3.17. The second kappa shape index (κ2) is 13.7. The van der Waals surface area contributed by atoms with Crippen LogP contribution in [0.3, 0.4) is 0 Å². The fourth-order valence-corrected chi connectivity index (χ4v) is 8.90. The number of esters is 1. The summed E-state index contributed by atoms with van der Waals surface area (Å²) in [4.78, 5) is 67.9. The molecule has 3 fully saturated rings. The molecule has 1 N–H and O–H groups in total. The SMILES string of the molecule is COC(=O)CSCCc1c2ccccc2c(N2C(=O)NC3C(CCCCC(=O)ON4C(=O)CCC4=O)SCC32)c2ccccc12. The van der Waals surface area contributed by atoms with Gasteiger partial charge in [0.15, 0.2) is 0 Å². The summed E-state index contributed by atoms with van der Waals surface area (Å²) in [5.74, 6) is 0.0979. The lowest BCUT2D eigenvalue weighted by Crippen LogP contribution is -2.38. The largest absolute Gasteiger partial charge is 0.468 e. The van der Waals surface area contributed by atoms with Crippen LogP contribution in [0.1, 0.15) is 44.1 Å². The second-order valence-electron chi connectivity index (χ2n) is 11.4. The van der Waals surface area contributed by atoms with Gasteiger partial charge in [-0.05, 0) is 41.4 Å². The minimum Gasteiger partial charge on any atom is -0.468 e. The van der Waals surface area contributed by atoms with Crippen LogP contribution in [0.4, 0.5) is 10.5 Å². The van der Waals surface area contributed by atoms with Gasteiger partial charge in [0.2, 0.25) is 0 Å². The fourth-order valence-electron chi connectivity index (χ4n) is 6.53. The second-order valence-corrected chi connectivity index (χ2v) is 13.7. The first-order valence-electron chi connectivity index (χ1n) is 15.2. The van der Waals surface area contributed by atoms with Crippen molar-refractivity contribution in [2.75, 3.05) is 29.3 Å². The summed E-state index contributed by atoms with van der Waals surface area (Å²) < 4.78 is 4.79. The first-order chi connectivity index (χ1) is 21.9. The molecule has 3 unspecified atom stereocenters. The molecule has 4 amide bonds. The topological polar surface area (TPSA) is 122 Å². The number of thioether (sulfide) groups is 2. The zero-order valence-electron chi connectivity index (χ0n) is 25.0. The van der Waals surface area contributed by atoms with E-state index in [9.17, 15) is 24.0 Å². The smallest absolute Gasteiger partial charge is 0.333 e. The Morgan fingerprint density at radius 3 is 2.22 bits per heavy atom. The molecule has 0 bridgehead atoms. The molecule has 3 aromatic carbocycles. The molecule has 3 aliphatic heterocycles. The van der Waals surface area contributed by atoms with Gasteiger partial charge in [-0.1, -0.05) is 55.0 Å². The molecule has 10 nitrogen and oxygen atoms in total. The van der Waals surface area contributed by atoms with Gasteiger partial charge in [0.25, 0.3) is 11.8 Å². The maximum absolute atomic E-state index is 13.7. The monoisotopic (exact) mass is 649 g/mol. The Labute approximate surface area is 269 Å². The van der Waals surface area contributed by atoms with E-state index in [4.69, 9.17) is 9.57 Å². The molecule has 3 aromatic rings. The van der Waals surface area contributed by atoms with Crippen LogP contribution in [-0.4, -0.2) is 76.5 Å². The Morgan fingerprint density at radius 1 is 0.933 bits per heavy atom. The first kappa shape index (κ1) is 31.2. The highest BCUT2D eigenvalue weighted by atomic mass is 32.2. The minimum absolute atomic E-state index is 0.0158. The average molecular weight is 650 g/mol. The number of ether oxygens (including phenoxy) is 1. The molecule has 0 saturated carbocycles. The highest BCUT2D eigenvalue weighted by Crippen LogP contribution is 2.45. The Balaban J connectivity index is 1.16. The number of nitrogens with zero attached hydrogens (tertiary/aromatic N) is 2. The van der Waals surface area contributed by atoms with E-state index in [1.807, 2.05) is 40.9 Å². The Kier molecular flexibility index (Phi) is 9.50. The van der Waals surface area contributed by atoms with Gasteiger partial charge in [0.1, 0.15) is 0 Å². The number of unbranched alkanes of at least 4 members (excludes halogenated alkanes) is 1. The number of methoxy groups -OCH3 is 1. The van der Waals surface area contributed by atoms with E-state index in [0.29, 0.717) is 17.2 Å². The van der Waals surface area contributed by atoms with Crippen molar-refractivity contribution in [3.05, 3.63) is 54.1 Å². The van der Waals surface area contributed by atoms with Crippen molar-refractivity contribution >= 4 is 80.5 Å². The highest BCUT2D eigenvalue weighted by molar-refractivity contribution is 8.00. The normalized spacial score (nSPS) is 21.1. The van der Waals surface area contributed by atoms with Crippen LogP contribution in [0.15, 0.2) is 48.5 Å². The van der Waals surface area contributed by atoms with Crippen LogP contribution < -0.4 is 10.2 Å². The van der Waals surface area contributed by atoms with Gasteiger partial charge >= 0.3 is 18.0 Å². The summed E-state index contributed by atoms with van der Waals surface area (Å²) >= 11 is 3.39. The first-order valence-corrected chi connectivity index (χ1v) is 17.4. The van der Waals surface area contributed by atoms with Gasteiger partial charge in [0.05, 0.1) is 30.6 Å². The maximum Gasteiger partial charge on any atom is 0.333 e. The number of anilines is 1. The van der Waals surface area contributed by atoms with E-state index >= 15 is 0 Å². The Hall–Kier alpha value is -3.77. The number of carbonyl (C=O) groups excluding carboxylic acids is 5. The number of hydrogen-bond acceptors (Lipinski definition) is 9. The number of nitrogens with one attached hydrogen (secondary N) is 1. The van der Waals surface area contributed by atoms with Crippen molar-refractivity contribution in [1.29, 1.82) is 0 Å². The molecule has 3 atom stereocenters. The van der Waals surface area contributed by atoms with Crippen LogP contribution in [-0.2, 0) is 35.2 Å². The number of aryl methyl sites for hydroxylation is 1. The van der Waals surface area contributed by atoms with Crippen LogP contribution in [0.5, 0.6) is 0 Å². The molecule has 0 aliphatic carbocycles. The van der Waals surface area contributed by atoms with E-state index in [0.717, 1.165) is 58.0 Å². The van der Waals surface area contributed by atoms with Crippen molar-refractivity contribution in [2.24, 2.45) is 0 Å². The quantitative estimate of drug-likeness (QED) is 0.0951. The number of hydrogen-bond donors (Lipinski definition) is 1. The lowest BCUT2D eigenvalue weighted by molar-refractivity contribution is -0.197. The van der Waals surface area contributed by atoms with E-state index in [2.05, 4.69) is 29.6 Å². The predicted molar refractivity (Wildman–Crippen MR) is 175 cm³/mol. The van der Waals surface area contributed by atoms with Crippen molar-refractivity contribution in [1.82, 2.24) is 10.4 Å². The molecule has 3 heterocycles. The van der Waals surface area contributed by atoms with Crippen molar-refractivity contribution in [2.45, 2.75) is 62.3 Å². The molecule has 3 aliphatic rings. The standard InChI is InChI=1S/C33H35N3O7S2/c1-42-30(40)19-44-17-16-22-20-8-2-4-10-23(20)32(24-11-5-3-9-21(22)24)35-25-18-45-26(31(25)34-33(35)41)12-6-7-13-29(39)43-36-27(37)14-15-28(36)38/h2-5,8-11,25-26,31H,6-7,12-19H2,1H3,(H,34,41). The molecule has 12 heteroatoms. The minimum atomic E-state index is -0.583. The van der Waals surface area contributed by atoms with Crippen LogP contribution in [0.2, 0.25) is 0 Å². The highest BCUT2D eigenvalue weighted by Gasteiger charge is 2.49. The van der Waals surface area contributed by atoms with Gasteiger partial charge < -0.3 is 14.9 Å². The molecule has 45 heavy (non-hydrogen) atoms. The average Bonchev–Trinajstić information content (AvgIpc) is 3.69. The summed E-state index contributed by atoms with van der Waals surface area (Å²) in [5.41, 5.74) is 2.13. The van der Waals surface area contributed by atoms with Crippen molar-refractivity contribution in [3.63, 3.8) is 0 Å². The number of amides is 4. The maximum atomic E-state index is 13.7. The zero-order chi connectivity index (χ0) is 31.5. The summed E-state index contributed by atoms with van der Waals surface area (Å²) in [6, 6.07) is 16.3. The van der Waals surface area contributed by atoms with Gasteiger partial charge in [-0.15, -0.1) is 16.8 Å². The molecule has 3 saturated heterocycles. The third kappa shape index (κ3) is 6.35. The van der Waals surface area contributed by atoms with E-state index in [1.54, 1.807) is 11.8 Å². The molecule has 236 valence electrons. The number of rotatable bonds is 12. The van der Waals surface area contributed by atoms with Crippen LogP contribution in [0, 0.1) is 0 Å². The van der Waals surface area contributed by atoms with Gasteiger partial charge in [-0.25, -0.2) is 9.59 Å². The van der Waals surface area contributed by atoms with Crippen LogP contribution in [0.25, 0.3) is 21.5 Å². The number of urea groups is 1. The molecular formula is C33H35N3O7S2. The number of fused-ring (bicyclic) bond motifs is 3. The molecular weight excluding hydrogens is 615 g/mol. The third-order valence-electron chi connectivity index (χ3n) is 8.65. The molecule has 0 radical (unpaired) electrons. The Morgan fingerprint density at radius 2 is 1.58 bits per heavy atom. The number of imide groups is 1. The van der Waals surface area contributed by atoms with E-state index < -0.39 is 17.8 Å². The lowest BCUT2D eigenvalue weighted by Gasteiger charge is -2.27. The zero-order valence-corrected chi connectivity index (χ0v) is 26.6. The Bertz CT molecular complexity index is 1590. The number of hydroxylamine groups is 2. The van der Waals surface area contributed by atoms with Crippen LogP contribution >= 0.6 is 23.5 Å². The number of benzene rings is 3. The van der Waals surface area contributed by atoms with Gasteiger partial charge in [-0.2, -0.15) is 11.8 Å². The molecule has 0 spiro atoms. The van der Waals surface area contributed by atoms with E-state index in [1.165, 1.54) is 12.7 Å². The van der Waals surface area contributed by atoms with Gasteiger partial charge in [-0.3, -0.25) is 19.3 Å². The van der Waals surface area contributed by atoms with E-state index in [-0.39, 0.29) is 48.6 Å². The van der Waals surface area contributed by atoms with Gasteiger partial charge in [0, 0.05) is 41.0 Å². The molecule has 0 aromatic heterocycles. The predicted octanol–water partition coefficient (Wildman–Crippen LogP) is 4.99. The van der Waals surface area contributed by atoms with Crippen molar-refractivity contribution in [3.8, 4) is 0 Å². The molecule has 6 rings (SSSR count). The summed E-state index contributed by atoms with van der Waals surface area (Å²) in [6.45, 7) is 0. The third-order valence-corrected chi connectivity index (χ3v) is 11.1. The summed E-state index contributed by atoms with van der Waals surface area (Å²) in [5, 5.41) is 8.33. The number of carbonyl (C=O) groups is 5. The van der Waals surface area contributed by atoms with Crippen molar-refractivity contribution < 1.29 is 33.5 Å². The fraction of sp³-hybridized carbons (Fsp3) is 0.424. The summed E-state index contributed by atoms with van der Waals surface area (Å²) in [7, 11) is 1.40.